The van der Waals surface area contributed by atoms with Crippen molar-refractivity contribution >= 4 is 11.5 Å². The molecule has 0 saturated carbocycles. The van der Waals surface area contributed by atoms with Crippen LogP contribution in [0.25, 0.3) is 0 Å². The van der Waals surface area contributed by atoms with E-state index in [1.165, 1.54) is 11.5 Å². The molecule has 0 amide bonds. The van der Waals surface area contributed by atoms with E-state index >= 15 is 0 Å². The van der Waals surface area contributed by atoms with Crippen molar-refractivity contribution < 1.29 is 9.84 Å². The highest BCUT2D eigenvalue weighted by Crippen LogP contribution is 2.15. The van der Waals surface area contributed by atoms with Gasteiger partial charge in [-0.1, -0.05) is 30.3 Å². The van der Waals surface area contributed by atoms with Crippen molar-refractivity contribution in [1.29, 1.82) is 0 Å². The average molecular weight is 249 g/mol. The standard InChI is InChI=1S/C13H15NO2S/c15-13(12-7-9-17-14-12)6-8-16-10-11-4-2-1-3-5-11/h1-5,7,9,13,15H,6,8,10H2. The van der Waals surface area contributed by atoms with Gasteiger partial charge in [0.1, 0.15) is 0 Å². The maximum absolute atomic E-state index is 9.77. The van der Waals surface area contributed by atoms with Crippen LogP contribution in [0.2, 0.25) is 0 Å². The van der Waals surface area contributed by atoms with Crippen LogP contribution in [0.15, 0.2) is 41.8 Å². The lowest BCUT2D eigenvalue weighted by Gasteiger charge is -2.08. The van der Waals surface area contributed by atoms with E-state index < -0.39 is 6.10 Å². The zero-order chi connectivity index (χ0) is 11.9. The summed E-state index contributed by atoms with van der Waals surface area (Å²) >= 11 is 1.35. The van der Waals surface area contributed by atoms with Gasteiger partial charge in [-0.05, 0) is 23.2 Å². The highest BCUT2D eigenvalue weighted by Gasteiger charge is 2.08. The zero-order valence-corrected chi connectivity index (χ0v) is 10.3. The molecule has 1 unspecified atom stereocenters. The summed E-state index contributed by atoms with van der Waals surface area (Å²) in [5.74, 6) is 0. The second-order valence-corrected chi connectivity index (χ2v) is 4.43. The monoisotopic (exact) mass is 249 g/mol. The summed E-state index contributed by atoms with van der Waals surface area (Å²) in [4.78, 5) is 0. The maximum Gasteiger partial charge on any atom is 0.0992 e. The van der Waals surface area contributed by atoms with Crippen LogP contribution in [-0.2, 0) is 11.3 Å². The Labute approximate surface area is 105 Å². The molecule has 1 heterocycles. The minimum Gasteiger partial charge on any atom is -0.387 e. The molecule has 0 aliphatic rings. The summed E-state index contributed by atoms with van der Waals surface area (Å²) in [6.07, 6.45) is 0.0633. The third kappa shape index (κ3) is 3.93. The number of aromatic nitrogens is 1. The Balaban J connectivity index is 1.67. The Morgan fingerprint density at radius 1 is 1.24 bits per heavy atom. The van der Waals surface area contributed by atoms with Gasteiger partial charge in [0.25, 0.3) is 0 Å². The summed E-state index contributed by atoms with van der Waals surface area (Å²) in [6.45, 7) is 1.12. The first kappa shape index (κ1) is 12.2. The number of rotatable bonds is 6. The van der Waals surface area contributed by atoms with Crippen LogP contribution in [0, 0.1) is 0 Å². The van der Waals surface area contributed by atoms with Crippen LogP contribution < -0.4 is 0 Å². The molecular formula is C13H15NO2S. The third-order valence-corrected chi connectivity index (χ3v) is 3.02. The van der Waals surface area contributed by atoms with Crippen LogP contribution in [0.4, 0.5) is 0 Å². The van der Waals surface area contributed by atoms with Gasteiger partial charge in [-0.15, -0.1) is 0 Å². The Kier molecular flexibility index (Phi) is 4.67. The molecule has 3 nitrogen and oxygen atoms in total. The second kappa shape index (κ2) is 6.49. The zero-order valence-electron chi connectivity index (χ0n) is 9.45. The molecule has 0 radical (unpaired) electrons. The van der Waals surface area contributed by atoms with Gasteiger partial charge in [-0.25, -0.2) is 0 Å². The molecule has 4 heteroatoms. The van der Waals surface area contributed by atoms with Crippen LogP contribution in [0.1, 0.15) is 23.8 Å². The summed E-state index contributed by atoms with van der Waals surface area (Å²) in [5, 5.41) is 11.6. The van der Waals surface area contributed by atoms with Crippen molar-refractivity contribution in [1.82, 2.24) is 4.37 Å². The first-order valence-electron chi connectivity index (χ1n) is 5.56. The fourth-order valence-electron chi connectivity index (χ4n) is 1.50. The van der Waals surface area contributed by atoms with Crippen molar-refractivity contribution in [2.75, 3.05) is 6.61 Å². The molecular weight excluding hydrogens is 234 g/mol. The van der Waals surface area contributed by atoms with Gasteiger partial charge in [0.2, 0.25) is 0 Å². The van der Waals surface area contributed by atoms with Crippen LogP contribution in [0.5, 0.6) is 0 Å². The Hall–Kier alpha value is -1.23. The first-order valence-corrected chi connectivity index (χ1v) is 6.40. The molecule has 1 atom stereocenters. The molecule has 2 rings (SSSR count). The second-order valence-electron chi connectivity index (χ2n) is 3.77. The van der Waals surface area contributed by atoms with Crippen molar-refractivity contribution in [3.8, 4) is 0 Å². The molecule has 2 aromatic rings. The number of benzene rings is 1. The normalized spacial score (nSPS) is 12.5. The van der Waals surface area contributed by atoms with E-state index in [0.717, 1.165) is 11.3 Å². The average Bonchev–Trinajstić information content (AvgIpc) is 2.89. The van der Waals surface area contributed by atoms with E-state index in [1.807, 2.05) is 41.8 Å². The predicted octanol–water partition coefficient (Wildman–Crippen LogP) is 2.78. The Bertz CT molecular complexity index is 416. The van der Waals surface area contributed by atoms with Gasteiger partial charge in [-0.2, -0.15) is 4.37 Å². The number of aliphatic hydroxyl groups excluding tert-OH is 1. The molecule has 90 valence electrons. The number of nitrogens with zero attached hydrogens (tertiary/aromatic N) is 1. The largest absolute Gasteiger partial charge is 0.387 e. The molecule has 0 saturated heterocycles. The Morgan fingerprint density at radius 2 is 2.06 bits per heavy atom. The fraction of sp³-hybridized carbons (Fsp3) is 0.308. The van der Waals surface area contributed by atoms with E-state index in [9.17, 15) is 5.11 Å². The quantitative estimate of drug-likeness (QED) is 0.800. The highest BCUT2D eigenvalue weighted by atomic mass is 32.1. The van der Waals surface area contributed by atoms with Crippen LogP contribution >= 0.6 is 11.5 Å². The highest BCUT2D eigenvalue weighted by molar-refractivity contribution is 7.03. The van der Waals surface area contributed by atoms with E-state index in [0.29, 0.717) is 19.6 Å². The lowest BCUT2D eigenvalue weighted by Crippen LogP contribution is -2.03. The lowest BCUT2D eigenvalue weighted by atomic mass is 10.2. The molecule has 1 aromatic carbocycles. The number of aliphatic hydroxyl groups is 1. The summed E-state index contributed by atoms with van der Waals surface area (Å²) < 4.78 is 9.59. The lowest BCUT2D eigenvalue weighted by molar-refractivity contribution is 0.0721. The van der Waals surface area contributed by atoms with E-state index in [1.54, 1.807) is 0 Å². The maximum atomic E-state index is 9.77. The minimum absolute atomic E-state index is 0.517. The summed E-state index contributed by atoms with van der Waals surface area (Å²) in [5.41, 5.74) is 1.88. The molecule has 1 N–H and O–H groups in total. The number of hydrogen-bond donors (Lipinski definition) is 1. The first-order chi connectivity index (χ1) is 8.36. The number of hydrogen-bond acceptors (Lipinski definition) is 4. The fourth-order valence-corrected chi connectivity index (χ4v) is 2.07. The summed E-state index contributed by atoms with van der Waals surface area (Å²) in [6, 6.07) is 11.8. The summed E-state index contributed by atoms with van der Waals surface area (Å²) in [7, 11) is 0. The predicted molar refractivity (Wildman–Crippen MR) is 67.8 cm³/mol. The van der Waals surface area contributed by atoms with Crippen LogP contribution in [0.3, 0.4) is 0 Å². The van der Waals surface area contributed by atoms with Crippen molar-refractivity contribution in [3.63, 3.8) is 0 Å². The molecule has 0 aliphatic heterocycles. The topological polar surface area (TPSA) is 42.4 Å². The van der Waals surface area contributed by atoms with E-state index in [4.69, 9.17) is 4.74 Å². The SMILES string of the molecule is OC(CCOCc1ccccc1)c1ccsn1. The minimum atomic E-state index is -0.517. The van der Waals surface area contributed by atoms with Crippen LogP contribution in [-0.4, -0.2) is 16.1 Å². The van der Waals surface area contributed by atoms with Gasteiger partial charge >= 0.3 is 0 Å². The van der Waals surface area contributed by atoms with Gasteiger partial charge in [-0.3, -0.25) is 0 Å². The molecule has 0 spiro atoms. The third-order valence-electron chi connectivity index (χ3n) is 2.45. The van der Waals surface area contributed by atoms with Gasteiger partial charge in [0.05, 0.1) is 18.4 Å². The van der Waals surface area contributed by atoms with Gasteiger partial charge < -0.3 is 9.84 Å². The Morgan fingerprint density at radius 3 is 2.76 bits per heavy atom. The van der Waals surface area contributed by atoms with Crippen molar-refractivity contribution in [3.05, 3.63) is 53.0 Å². The molecule has 17 heavy (non-hydrogen) atoms. The molecule has 0 fully saturated rings. The van der Waals surface area contributed by atoms with Gasteiger partial charge in [0.15, 0.2) is 0 Å². The smallest absolute Gasteiger partial charge is 0.0992 e. The molecule has 0 bridgehead atoms. The number of ether oxygens (including phenoxy) is 1. The van der Waals surface area contributed by atoms with Gasteiger partial charge in [0, 0.05) is 18.4 Å². The van der Waals surface area contributed by atoms with E-state index in [2.05, 4.69) is 4.37 Å². The van der Waals surface area contributed by atoms with E-state index in [-0.39, 0.29) is 0 Å². The molecule has 1 aromatic heterocycles. The van der Waals surface area contributed by atoms with Crippen molar-refractivity contribution in [2.45, 2.75) is 19.1 Å². The molecule has 0 aliphatic carbocycles. The van der Waals surface area contributed by atoms with Crippen molar-refractivity contribution in [2.24, 2.45) is 0 Å².